The highest BCUT2D eigenvalue weighted by Crippen LogP contribution is 2.31. The van der Waals surface area contributed by atoms with Gasteiger partial charge in [0.2, 0.25) is 5.91 Å². The van der Waals surface area contributed by atoms with Gasteiger partial charge in [-0.05, 0) is 71.7 Å². The monoisotopic (exact) mass is 434 g/mol. The van der Waals surface area contributed by atoms with Crippen LogP contribution in [0.4, 0.5) is 4.79 Å². The molecule has 31 heavy (non-hydrogen) atoms. The van der Waals surface area contributed by atoms with E-state index in [0.717, 1.165) is 38.0 Å². The Morgan fingerprint density at radius 2 is 1.97 bits per heavy atom. The fraction of sp³-hybridized carbons (Fsp3) is 0.696. The normalized spacial score (nSPS) is 16.7. The Bertz CT molecular complexity index is 705. The molecule has 1 aliphatic heterocycles. The largest absolute Gasteiger partial charge is 0.490 e. The quantitative estimate of drug-likeness (QED) is 0.519. The van der Waals surface area contributed by atoms with Gasteiger partial charge in [-0.15, -0.1) is 0 Å². The summed E-state index contributed by atoms with van der Waals surface area (Å²) in [4.78, 5) is 30.1. The number of hydrogen-bond donors (Lipinski definition) is 2. The molecule has 1 fully saturated rings. The Morgan fingerprint density at radius 3 is 2.68 bits per heavy atom. The van der Waals surface area contributed by atoms with E-state index in [1.165, 1.54) is 12.0 Å². The second-order valence-corrected chi connectivity index (χ2v) is 9.03. The molecule has 2 heterocycles. The van der Waals surface area contributed by atoms with E-state index in [4.69, 9.17) is 9.47 Å². The Balaban J connectivity index is 1.51. The fourth-order valence-electron chi connectivity index (χ4n) is 3.57. The molecule has 2 amide bonds. The van der Waals surface area contributed by atoms with E-state index in [1.807, 2.05) is 33.0 Å². The number of rotatable bonds is 11. The van der Waals surface area contributed by atoms with Crippen molar-refractivity contribution in [1.82, 2.24) is 20.5 Å². The summed E-state index contributed by atoms with van der Waals surface area (Å²) in [6.07, 6.45) is 8.51. The number of hydrogen-bond acceptors (Lipinski definition) is 6. The number of pyridine rings is 1. The molecule has 8 heteroatoms. The SMILES string of the molecule is CN1CCC[C@H]1c1cncc(OCCNC(=O)CCCCCNC(=O)OC(C)(C)C)c1. The van der Waals surface area contributed by atoms with Crippen molar-refractivity contribution in [2.24, 2.45) is 0 Å². The highest BCUT2D eigenvalue weighted by molar-refractivity contribution is 5.75. The van der Waals surface area contributed by atoms with Crippen molar-refractivity contribution in [1.29, 1.82) is 0 Å². The topological polar surface area (TPSA) is 92.8 Å². The molecule has 174 valence electrons. The van der Waals surface area contributed by atoms with Gasteiger partial charge in [-0.1, -0.05) is 6.42 Å². The molecule has 2 N–H and O–H groups in total. The van der Waals surface area contributed by atoms with Gasteiger partial charge >= 0.3 is 6.09 Å². The van der Waals surface area contributed by atoms with Crippen LogP contribution in [-0.4, -0.2) is 60.8 Å². The van der Waals surface area contributed by atoms with Gasteiger partial charge in [-0.2, -0.15) is 0 Å². The Kier molecular flexibility index (Phi) is 10.0. The van der Waals surface area contributed by atoms with Crippen molar-refractivity contribution >= 4 is 12.0 Å². The molecule has 1 saturated heterocycles. The van der Waals surface area contributed by atoms with E-state index < -0.39 is 11.7 Å². The van der Waals surface area contributed by atoms with Crippen LogP contribution in [0, 0.1) is 0 Å². The number of carbonyl (C=O) groups excluding carboxylic acids is 2. The highest BCUT2D eigenvalue weighted by atomic mass is 16.6. The molecular formula is C23H38N4O4. The van der Waals surface area contributed by atoms with Crippen LogP contribution in [0.3, 0.4) is 0 Å². The van der Waals surface area contributed by atoms with Crippen molar-refractivity contribution in [2.75, 3.05) is 33.3 Å². The van der Waals surface area contributed by atoms with Gasteiger partial charge in [-0.3, -0.25) is 14.7 Å². The van der Waals surface area contributed by atoms with Crippen LogP contribution in [-0.2, 0) is 9.53 Å². The van der Waals surface area contributed by atoms with Gasteiger partial charge in [0.1, 0.15) is 18.0 Å². The van der Waals surface area contributed by atoms with E-state index in [1.54, 1.807) is 6.20 Å². The van der Waals surface area contributed by atoms with Gasteiger partial charge in [0, 0.05) is 25.2 Å². The molecule has 0 aliphatic carbocycles. The van der Waals surface area contributed by atoms with Crippen LogP contribution in [0.15, 0.2) is 18.5 Å². The summed E-state index contributed by atoms with van der Waals surface area (Å²) in [6, 6.07) is 2.46. The van der Waals surface area contributed by atoms with E-state index >= 15 is 0 Å². The van der Waals surface area contributed by atoms with E-state index in [-0.39, 0.29) is 5.91 Å². The summed E-state index contributed by atoms with van der Waals surface area (Å²) in [7, 11) is 2.14. The molecular weight excluding hydrogens is 396 g/mol. The minimum atomic E-state index is -0.488. The molecule has 8 nitrogen and oxygen atoms in total. The number of unbranched alkanes of at least 4 members (excludes halogenated alkanes) is 2. The first-order valence-electron chi connectivity index (χ1n) is 11.3. The van der Waals surface area contributed by atoms with Gasteiger partial charge < -0.3 is 20.1 Å². The first-order chi connectivity index (χ1) is 14.7. The molecule has 0 radical (unpaired) electrons. The van der Waals surface area contributed by atoms with E-state index in [2.05, 4.69) is 27.6 Å². The lowest BCUT2D eigenvalue weighted by Crippen LogP contribution is -2.33. The first-order valence-corrected chi connectivity index (χ1v) is 11.3. The second kappa shape index (κ2) is 12.5. The van der Waals surface area contributed by atoms with Crippen molar-refractivity contribution in [3.05, 3.63) is 24.0 Å². The Morgan fingerprint density at radius 1 is 1.16 bits per heavy atom. The maximum atomic E-state index is 11.9. The second-order valence-electron chi connectivity index (χ2n) is 9.03. The number of alkyl carbamates (subject to hydrolysis) is 1. The third kappa shape index (κ3) is 10.0. The van der Waals surface area contributed by atoms with E-state index in [0.29, 0.717) is 32.2 Å². The molecule has 1 atom stereocenters. The molecule has 0 unspecified atom stereocenters. The lowest BCUT2D eigenvalue weighted by Gasteiger charge is -2.19. The third-order valence-corrected chi connectivity index (χ3v) is 5.08. The molecule has 0 bridgehead atoms. The zero-order valence-electron chi connectivity index (χ0n) is 19.4. The predicted molar refractivity (Wildman–Crippen MR) is 120 cm³/mol. The molecule has 1 aromatic rings. The summed E-state index contributed by atoms with van der Waals surface area (Å²) in [5, 5.41) is 5.61. The number of amides is 2. The maximum Gasteiger partial charge on any atom is 0.407 e. The van der Waals surface area contributed by atoms with Crippen molar-refractivity contribution in [2.45, 2.75) is 70.9 Å². The maximum absolute atomic E-state index is 11.9. The van der Waals surface area contributed by atoms with Crippen LogP contribution in [0.25, 0.3) is 0 Å². The number of likely N-dealkylation sites (tertiary alicyclic amines) is 1. The summed E-state index contributed by atoms with van der Waals surface area (Å²) in [6.45, 7) is 8.04. The van der Waals surface area contributed by atoms with Crippen LogP contribution < -0.4 is 15.4 Å². The Labute approximate surface area is 186 Å². The van der Waals surface area contributed by atoms with Gasteiger partial charge in [-0.25, -0.2) is 4.79 Å². The van der Waals surface area contributed by atoms with Crippen LogP contribution in [0.1, 0.15) is 70.9 Å². The predicted octanol–water partition coefficient (Wildman–Crippen LogP) is 3.43. The molecule has 1 aromatic heterocycles. The minimum Gasteiger partial charge on any atom is -0.490 e. The highest BCUT2D eigenvalue weighted by Gasteiger charge is 2.23. The number of nitrogens with zero attached hydrogens (tertiary/aromatic N) is 2. The van der Waals surface area contributed by atoms with Crippen LogP contribution >= 0.6 is 0 Å². The number of ether oxygens (including phenoxy) is 2. The zero-order valence-corrected chi connectivity index (χ0v) is 19.4. The molecule has 2 rings (SSSR count). The molecule has 1 aliphatic rings. The number of aromatic nitrogens is 1. The van der Waals surface area contributed by atoms with Crippen molar-refractivity contribution < 1.29 is 19.1 Å². The fourth-order valence-corrected chi connectivity index (χ4v) is 3.57. The summed E-state index contributed by atoms with van der Waals surface area (Å²) in [5.41, 5.74) is 0.695. The van der Waals surface area contributed by atoms with Gasteiger partial charge in [0.15, 0.2) is 0 Å². The minimum absolute atomic E-state index is 0.0168. The Hall–Kier alpha value is -2.35. The third-order valence-electron chi connectivity index (χ3n) is 5.08. The lowest BCUT2D eigenvalue weighted by molar-refractivity contribution is -0.121. The zero-order chi connectivity index (χ0) is 22.7. The number of nitrogens with one attached hydrogen (secondary N) is 2. The first kappa shape index (κ1) is 24.9. The standard InChI is InChI=1S/C23H38N4O4/c1-23(2,3)31-22(29)26-11-7-5-6-10-21(28)25-12-14-30-19-15-18(16-24-17-19)20-9-8-13-27(20)4/h15-17,20H,5-14H2,1-4H3,(H,25,28)(H,26,29)/t20-/m0/s1. The molecule has 0 spiro atoms. The summed E-state index contributed by atoms with van der Waals surface area (Å²) in [5.74, 6) is 0.757. The summed E-state index contributed by atoms with van der Waals surface area (Å²) >= 11 is 0. The molecule has 0 aromatic carbocycles. The lowest BCUT2D eigenvalue weighted by atomic mass is 10.1. The van der Waals surface area contributed by atoms with Gasteiger partial charge in [0.05, 0.1) is 12.7 Å². The number of carbonyl (C=O) groups is 2. The average Bonchev–Trinajstić information content (AvgIpc) is 3.13. The van der Waals surface area contributed by atoms with Crippen molar-refractivity contribution in [3.63, 3.8) is 0 Å². The molecule has 0 saturated carbocycles. The van der Waals surface area contributed by atoms with Crippen LogP contribution in [0.5, 0.6) is 5.75 Å². The smallest absolute Gasteiger partial charge is 0.407 e. The van der Waals surface area contributed by atoms with E-state index in [9.17, 15) is 9.59 Å². The van der Waals surface area contributed by atoms with Crippen molar-refractivity contribution in [3.8, 4) is 5.75 Å². The van der Waals surface area contributed by atoms with Crippen LogP contribution in [0.2, 0.25) is 0 Å². The summed E-state index contributed by atoms with van der Waals surface area (Å²) < 4.78 is 10.9. The average molecular weight is 435 g/mol. The van der Waals surface area contributed by atoms with Gasteiger partial charge in [0.25, 0.3) is 0 Å².